The molecule has 0 saturated heterocycles. The third-order valence-electron chi connectivity index (χ3n) is 0.854. The van der Waals surface area contributed by atoms with Crippen LogP contribution in [-0.4, -0.2) is 14.3 Å². The minimum absolute atomic E-state index is 0.657. The summed E-state index contributed by atoms with van der Waals surface area (Å²) in [6.45, 7) is 5.95. The fourth-order valence-corrected chi connectivity index (χ4v) is 0. The van der Waals surface area contributed by atoms with Gasteiger partial charge in [0, 0.05) is 0 Å². The number of rotatable bonds is 1. The van der Waals surface area contributed by atoms with Gasteiger partial charge in [0.05, 0.1) is 0 Å². The molecule has 1 heteroatoms. The maximum atomic E-state index is 3.83. The van der Waals surface area contributed by atoms with Gasteiger partial charge in [0.25, 0.3) is 0 Å². The van der Waals surface area contributed by atoms with Gasteiger partial charge >= 0.3 is 43.8 Å². The van der Waals surface area contributed by atoms with Crippen LogP contribution in [-0.2, 0) is 0 Å². The molecule has 0 amide bonds. The molecule has 0 heterocycles. The summed E-state index contributed by atoms with van der Waals surface area (Å²) in [5.74, 6) is 4.62. The van der Waals surface area contributed by atoms with E-state index in [0.717, 1.165) is 0 Å². The van der Waals surface area contributed by atoms with Crippen LogP contribution in [0.25, 0.3) is 0 Å². The Morgan fingerprint density at radius 3 is 1.67 bits per heavy atom. The number of allylic oxidation sites excluding steroid dienone is 1. The average Bonchev–Trinajstić information content (AvgIpc) is 1.36. The fourth-order valence-electron chi connectivity index (χ4n) is 0. The van der Waals surface area contributed by atoms with Crippen LogP contribution < -0.4 is 0 Å². The quantitative estimate of drug-likeness (QED) is 0.492. The molecule has 0 aromatic heterocycles. The van der Waals surface area contributed by atoms with E-state index in [9.17, 15) is 0 Å². The van der Waals surface area contributed by atoms with E-state index in [0.29, 0.717) is 0 Å². The Balaban J connectivity index is 3.26. The zero-order valence-corrected chi connectivity index (χ0v) is 6.81. The third-order valence-corrected chi connectivity index (χ3v) is 4.44. The van der Waals surface area contributed by atoms with Crippen molar-refractivity contribution in [3.8, 4) is 0 Å². The van der Waals surface area contributed by atoms with Crippen LogP contribution in [0.15, 0.2) is 11.0 Å². The summed E-state index contributed by atoms with van der Waals surface area (Å²) in [5.41, 5.74) is 0. The molecule has 0 aliphatic heterocycles. The summed E-state index contributed by atoms with van der Waals surface area (Å²) in [4.78, 5) is 0. The van der Waals surface area contributed by atoms with Crippen molar-refractivity contribution < 1.29 is 0 Å². The third kappa shape index (κ3) is 2.52. The van der Waals surface area contributed by atoms with Gasteiger partial charge in [-0.15, -0.1) is 0 Å². The van der Waals surface area contributed by atoms with Gasteiger partial charge in [-0.1, -0.05) is 0 Å². The number of hydrogen-bond donors (Lipinski definition) is 0. The van der Waals surface area contributed by atoms with Gasteiger partial charge in [0.2, 0.25) is 0 Å². The van der Waals surface area contributed by atoms with Crippen molar-refractivity contribution in [2.24, 2.45) is 0 Å². The summed E-state index contributed by atoms with van der Waals surface area (Å²) in [6.07, 6.45) is 0. The minimum atomic E-state index is -0.657. The van der Waals surface area contributed by atoms with E-state index in [1.54, 1.807) is 0 Å². The Bertz CT molecular complexity index is 55.0. The summed E-state index contributed by atoms with van der Waals surface area (Å²) < 4.78 is 1.43. The van der Waals surface area contributed by atoms with Crippen LogP contribution in [0.1, 0.15) is 6.92 Å². The van der Waals surface area contributed by atoms with Gasteiger partial charge < -0.3 is 0 Å². The van der Waals surface area contributed by atoms with Crippen molar-refractivity contribution in [2.75, 3.05) is 0 Å². The van der Waals surface area contributed by atoms with Gasteiger partial charge in [-0.3, -0.25) is 0 Å². The normalized spacial score (nSPS) is 9.33. The summed E-state index contributed by atoms with van der Waals surface area (Å²) >= 11 is -0.657. The molecular weight excluding hydrogens is 133 g/mol. The fraction of sp³-hybridized carbons (Fsp3) is 0.600. The molecule has 0 aromatic rings. The molecule has 0 aliphatic rings. The molecular formula is C5H11Ge. The van der Waals surface area contributed by atoms with Gasteiger partial charge in [-0.2, -0.15) is 0 Å². The monoisotopic (exact) mass is 145 g/mol. The second-order valence-corrected chi connectivity index (χ2v) is 7.77. The summed E-state index contributed by atoms with van der Waals surface area (Å²) in [7, 11) is 0. The standard InChI is InChI=1S/C5H11Ge/c1-5(2)6(3)4/h1H2,2-4H3. The van der Waals surface area contributed by atoms with Crippen LogP contribution in [0.2, 0.25) is 11.5 Å². The van der Waals surface area contributed by atoms with Crippen LogP contribution in [0, 0.1) is 0 Å². The SMILES string of the molecule is C=[C](C)[Ge]([CH3])[CH3]. The molecule has 0 aliphatic carbocycles. The van der Waals surface area contributed by atoms with Gasteiger partial charge in [0.1, 0.15) is 0 Å². The Morgan fingerprint density at radius 2 is 1.67 bits per heavy atom. The van der Waals surface area contributed by atoms with Crippen molar-refractivity contribution in [2.45, 2.75) is 18.4 Å². The Morgan fingerprint density at radius 1 is 1.50 bits per heavy atom. The first-order valence-corrected chi connectivity index (χ1v) is 7.35. The molecule has 0 bridgehead atoms. The Labute approximate surface area is 44.4 Å². The first kappa shape index (κ1) is 6.28. The summed E-state index contributed by atoms with van der Waals surface area (Å²) in [5, 5.41) is 0. The molecule has 6 heavy (non-hydrogen) atoms. The molecule has 0 saturated carbocycles. The molecule has 0 N–H and O–H groups in total. The van der Waals surface area contributed by atoms with E-state index in [2.05, 4.69) is 25.0 Å². The molecule has 1 radical (unpaired) electrons. The van der Waals surface area contributed by atoms with Gasteiger partial charge in [-0.05, 0) is 0 Å². The maximum absolute atomic E-state index is 3.83. The zero-order valence-electron chi connectivity index (χ0n) is 4.71. The summed E-state index contributed by atoms with van der Waals surface area (Å²) in [6, 6.07) is 0. The van der Waals surface area contributed by atoms with Crippen LogP contribution >= 0.6 is 0 Å². The molecule has 0 spiro atoms. The first-order chi connectivity index (χ1) is 2.64. The topological polar surface area (TPSA) is 0 Å². The van der Waals surface area contributed by atoms with Crippen molar-refractivity contribution in [3.05, 3.63) is 11.0 Å². The molecule has 0 rings (SSSR count). The van der Waals surface area contributed by atoms with Crippen molar-refractivity contribution in [1.82, 2.24) is 0 Å². The molecule has 0 unspecified atom stereocenters. The number of hydrogen-bond acceptors (Lipinski definition) is 0. The second-order valence-electron chi connectivity index (χ2n) is 1.78. The van der Waals surface area contributed by atoms with Gasteiger partial charge in [0.15, 0.2) is 0 Å². The average molecular weight is 144 g/mol. The molecule has 0 aromatic carbocycles. The van der Waals surface area contributed by atoms with E-state index in [4.69, 9.17) is 0 Å². The van der Waals surface area contributed by atoms with Crippen molar-refractivity contribution >= 4 is 14.3 Å². The van der Waals surface area contributed by atoms with Crippen LogP contribution in [0.3, 0.4) is 0 Å². The molecule has 0 nitrogen and oxygen atoms in total. The molecule has 35 valence electrons. The van der Waals surface area contributed by atoms with Crippen LogP contribution in [0.5, 0.6) is 0 Å². The van der Waals surface area contributed by atoms with E-state index in [1.807, 2.05) is 0 Å². The Hall–Kier alpha value is 0.283. The predicted octanol–water partition coefficient (Wildman–Crippen LogP) is 1.86. The van der Waals surface area contributed by atoms with E-state index < -0.39 is 14.3 Å². The van der Waals surface area contributed by atoms with E-state index in [1.165, 1.54) is 4.41 Å². The molecule has 0 fully saturated rings. The van der Waals surface area contributed by atoms with Crippen molar-refractivity contribution in [3.63, 3.8) is 0 Å². The molecule has 0 atom stereocenters. The predicted molar refractivity (Wildman–Crippen MR) is 32.3 cm³/mol. The second kappa shape index (κ2) is 2.45. The zero-order chi connectivity index (χ0) is 5.15. The Kier molecular flexibility index (Phi) is 2.57. The first-order valence-electron chi connectivity index (χ1n) is 2.10. The van der Waals surface area contributed by atoms with Crippen molar-refractivity contribution in [1.29, 1.82) is 0 Å². The van der Waals surface area contributed by atoms with E-state index in [-0.39, 0.29) is 0 Å². The van der Waals surface area contributed by atoms with E-state index >= 15 is 0 Å². The van der Waals surface area contributed by atoms with Gasteiger partial charge in [-0.25, -0.2) is 0 Å². The van der Waals surface area contributed by atoms with Crippen LogP contribution in [0.4, 0.5) is 0 Å².